The van der Waals surface area contributed by atoms with Crippen LogP contribution >= 0.6 is 0 Å². The Morgan fingerprint density at radius 2 is 2.24 bits per heavy atom. The normalized spacial score (nSPS) is 10.3. The van der Waals surface area contributed by atoms with E-state index in [9.17, 15) is 4.79 Å². The molecule has 3 N–H and O–H groups in total. The maximum absolute atomic E-state index is 11.4. The van der Waals surface area contributed by atoms with Gasteiger partial charge in [-0.2, -0.15) is 5.10 Å². The molecule has 0 bridgehead atoms. The number of urea groups is 1. The number of hydrogen-bond acceptors (Lipinski definition) is 3. The second-order valence-corrected chi connectivity index (χ2v) is 3.96. The van der Waals surface area contributed by atoms with Gasteiger partial charge in [0, 0.05) is 32.0 Å². The van der Waals surface area contributed by atoms with Gasteiger partial charge in [0.1, 0.15) is 0 Å². The van der Waals surface area contributed by atoms with E-state index in [1.807, 2.05) is 20.0 Å². The smallest absolute Gasteiger partial charge is 0.320 e. The predicted molar refractivity (Wildman–Crippen MR) is 65.9 cm³/mol. The number of nitrogens with zero attached hydrogens (tertiary/aromatic N) is 2. The molecule has 0 atom stereocenters. The molecule has 0 saturated carbocycles. The number of aliphatic hydroxyl groups is 1. The molecule has 96 valence electrons. The number of aliphatic hydroxyl groups excluding tert-OH is 1. The molecule has 0 spiro atoms. The molecule has 0 fully saturated rings. The number of hydrogen-bond donors (Lipinski definition) is 3. The molecule has 0 aliphatic carbocycles. The Morgan fingerprint density at radius 1 is 1.47 bits per heavy atom. The van der Waals surface area contributed by atoms with Crippen LogP contribution in [0.2, 0.25) is 0 Å². The molecule has 1 aromatic rings. The van der Waals surface area contributed by atoms with Gasteiger partial charge in [0.2, 0.25) is 0 Å². The Hall–Kier alpha value is -1.56. The minimum absolute atomic E-state index is 0.208. The standard InChI is InChI=1S/C11H20N4O2/c1-9-8-10(14-15(9)2)13-11(17)12-6-4-3-5-7-16/h8,16H,3-7H2,1-2H3,(H2,12,13,14,17). The van der Waals surface area contributed by atoms with Crippen LogP contribution in [0.1, 0.15) is 25.0 Å². The Morgan fingerprint density at radius 3 is 2.82 bits per heavy atom. The van der Waals surface area contributed by atoms with Crippen LogP contribution in [0, 0.1) is 6.92 Å². The molecule has 6 nitrogen and oxygen atoms in total. The van der Waals surface area contributed by atoms with Gasteiger partial charge in [0.25, 0.3) is 0 Å². The highest BCUT2D eigenvalue weighted by Gasteiger charge is 2.04. The number of carbonyl (C=O) groups excluding carboxylic acids is 1. The molecule has 1 aromatic heterocycles. The summed E-state index contributed by atoms with van der Waals surface area (Å²) in [6, 6.07) is 1.57. The molecule has 2 amide bonds. The molecule has 0 aliphatic heterocycles. The average Bonchev–Trinajstić information content (AvgIpc) is 2.57. The Bertz CT molecular complexity index is 343. The minimum atomic E-state index is -0.243. The summed E-state index contributed by atoms with van der Waals surface area (Å²) in [5, 5.41) is 18.1. The summed E-state index contributed by atoms with van der Waals surface area (Å²) in [7, 11) is 1.83. The molecule has 17 heavy (non-hydrogen) atoms. The Labute approximate surface area is 101 Å². The van der Waals surface area contributed by atoms with Gasteiger partial charge in [-0.05, 0) is 26.2 Å². The minimum Gasteiger partial charge on any atom is -0.396 e. The van der Waals surface area contributed by atoms with E-state index >= 15 is 0 Å². The van der Waals surface area contributed by atoms with Crippen molar-refractivity contribution < 1.29 is 9.90 Å². The first kappa shape index (κ1) is 13.5. The summed E-state index contributed by atoms with van der Waals surface area (Å²) in [6.45, 7) is 2.74. The van der Waals surface area contributed by atoms with Gasteiger partial charge < -0.3 is 10.4 Å². The molecular formula is C11H20N4O2. The van der Waals surface area contributed by atoms with Gasteiger partial charge in [-0.25, -0.2) is 4.79 Å². The molecule has 0 aromatic carbocycles. The van der Waals surface area contributed by atoms with E-state index in [2.05, 4.69) is 15.7 Å². The van der Waals surface area contributed by atoms with E-state index < -0.39 is 0 Å². The third-order valence-electron chi connectivity index (χ3n) is 2.48. The van der Waals surface area contributed by atoms with Crippen LogP contribution in [-0.2, 0) is 7.05 Å². The van der Waals surface area contributed by atoms with Gasteiger partial charge in [-0.15, -0.1) is 0 Å². The number of aryl methyl sites for hydroxylation is 2. The topological polar surface area (TPSA) is 79.2 Å². The first-order valence-corrected chi connectivity index (χ1v) is 5.80. The van der Waals surface area contributed by atoms with Crippen molar-refractivity contribution in [3.8, 4) is 0 Å². The van der Waals surface area contributed by atoms with Crippen LogP contribution in [0.4, 0.5) is 10.6 Å². The van der Waals surface area contributed by atoms with Crippen molar-refractivity contribution in [1.29, 1.82) is 0 Å². The number of nitrogens with one attached hydrogen (secondary N) is 2. The maximum Gasteiger partial charge on any atom is 0.320 e. The van der Waals surface area contributed by atoms with Crippen molar-refractivity contribution in [2.45, 2.75) is 26.2 Å². The third kappa shape index (κ3) is 4.86. The molecule has 0 aliphatic rings. The Kier molecular flexibility index (Phi) is 5.48. The molecule has 6 heteroatoms. The highest BCUT2D eigenvalue weighted by atomic mass is 16.2. The fourth-order valence-electron chi connectivity index (χ4n) is 1.40. The lowest BCUT2D eigenvalue weighted by Gasteiger charge is -2.04. The van der Waals surface area contributed by atoms with Crippen LogP contribution in [0.15, 0.2) is 6.07 Å². The maximum atomic E-state index is 11.4. The predicted octanol–water partition coefficient (Wildman–Crippen LogP) is 1.01. The zero-order valence-corrected chi connectivity index (χ0v) is 10.4. The molecule has 0 unspecified atom stereocenters. The van der Waals surface area contributed by atoms with Gasteiger partial charge in [0.15, 0.2) is 5.82 Å². The summed E-state index contributed by atoms with van der Waals surface area (Å²) in [4.78, 5) is 11.4. The summed E-state index contributed by atoms with van der Waals surface area (Å²) < 4.78 is 1.71. The van der Waals surface area contributed by atoms with Crippen molar-refractivity contribution in [3.05, 3.63) is 11.8 Å². The summed E-state index contributed by atoms with van der Waals surface area (Å²) in [6.07, 6.45) is 2.57. The fraction of sp³-hybridized carbons (Fsp3) is 0.636. The van der Waals surface area contributed by atoms with Gasteiger partial charge in [-0.1, -0.05) is 0 Å². The largest absolute Gasteiger partial charge is 0.396 e. The van der Waals surface area contributed by atoms with Crippen molar-refractivity contribution in [1.82, 2.24) is 15.1 Å². The molecule has 0 saturated heterocycles. The first-order valence-electron chi connectivity index (χ1n) is 5.80. The van der Waals surface area contributed by atoms with Crippen LogP contribution in [0.25, 0.3) is 0 Å². The number of carbonyl (C=O) groups is 1. The van der Waals surface area contributed by atoms with Gasteiger partial charge in [0.05, 0.1) is 0 Å². The van der Waals surface area contributed by atoms with E-state index in [4.69, 9.17) is 5.11 Å². The zero-order valence-electron chi connectivity index (χ0n) is 10.4. The number of aromatic nitrogens is 2. The van der Waals surface area contributed by atoms with E-state index in [0.29, 0.717) is 12.4 Å². The highest BCUT2D eigenvalue weighted by Crippen LogP contribution is 2.06. The molecule has 0 radical (unpaired) electrons. The molecule has 1 rings (SSSR count). The lowest BCUT2D eigenvalue weighted by atomic mass is 10.2. The van der Waals surface area contributed by atoms with E-state index in [1.54, 1.807) is 4.68 Å². The van der Waals surface area contributed by atoms with Crippen molar-refractivity contribution in [2.24, 2.45) is 7.05 Å². The summed E-state index contributed by atoms with van der Waals surface area (Å²) in [5.74, 6) is 0.554. The van der Waals surface area contributed by atoms with E-state index in [-0.39, 0.29) is 12.6 Å². The monoisotopic (exact) mass is 240 g/mol. The van der Waals surface area contributed by atoms with Crippen molar-refractivity contribution in [2.75, 3.05) is 18.5 Å². The Balaban J connectivity index is 2.21. The van der Waals surface area contributed by atoms with Crippen LogP contribution in [0.5, 0.6) is 0 Å². The van der Waals surface area contributed by atoms with Gasteiger partial charge in [-0.3, -0.25) is 10.00 Å². The lowest BCUT2D eigenvalue weighted by Crippen LogP contribution is -2.29. The number of rotatable bonds is 6. The van der Waals surface area contributed by atoms with Crippen LogP contribution < -0.4 is 10.6 Å². The summed E-state index contributed by atoms with van der Waals surface area (Å²) >= 11 is 0. The average molecular weight is 240 g/mol. The van der Waals surface area contributed by atoms with Crippen molar-refractivity contribution in [3.63, 3.8) is 0 Å². The molecule has 1 heterocycles. The van der Waals surface area contributed by atoms with E-state index in [0.717, 1.165) is 25.0 Å². The lowest BCUT2D eigenvalue weighted by molar-refractivity contribution is 0.251. The second kappa shape index (κ2) is 6.90. The third-order valence-corrected chi connectivity index (χ3v) is 2.48. The highest BCUT2D eigenvalue weighted by molar-refractivity contribution is 5.88. The SMILES string of the molecule is Cc1cc(NC(=O)NCCCCCO)nn1C. The fourth-order valence-corrected chi connectivity index (χ4v) is 1.40. The quantitative estimate of drug-likeness (QED) is 0.649. The van der Waals surface area contributed by atoms with Crippen molar-refractivity contribution >= 4 is 11.8 Å². The van der Waals surface area contributed by atoms with Gasteiger partial charge >= 0.3 is 6.03 Å². The van der Waals surface area contributed by atoms with Crippen LogP contribution in [-0.4, -0.2) is 34.1 Å². The number of amides is 2. The van der Waals surface area contributed by atoms with E-state index in [1.165, 1.54) is 0 Å². The summed E-state index contributed by atoms with van der Waals surface area (Å²) in [5.41, 5.74) is 0.989. The zero-order chi connectivity index (χ0) is 12.7. The number of anilines is 1. The number of unbranched alkanes of at least 4 members (excludes halogenated alkanes) is 2. The second-order valence-electron chi connectivity index (χ2n) is 3.96. The first-order chi connectivity index (χ1) is 8.13. The van der Waals surface area contributed by atoms with Crippen LogP contribution in [0.3, 0.4) is 0 Å². The molecular weight excluding hydrogens is 220 g/mol.